The number of ether oxygens (including phenoxy) is 1. The lowest BCUT2D eigenvalue weighted by Gasteiger charge is -2.34. The zero-order valence-electron chi connectivity index (χ0n) is 11.2. The van der Waals surface area contributed by atoms with E-state index in [2.05, 4.69) is 21.8 Å². The summed E-state index contributed by atoms with van der Waals surface area (Å²) in [7, 11) is 0. The van der Waals surface area contributed by atoms with Crippen LogP contribution in [0.5, 0.6) is 0 Å². The third-order valence-corrected chi connectivity index (χ3v) is 3.39. The average molecular weight is 250 g/mol. The maximum absolute atomic E-state index is 5.92. The average Bonchev–Trinajstić information content (AvgIpc) is 2.39. The predicted octanol–water partition coefficient (Wildman–Crippen LogP) is 1.63. The van der Waals surface area contributed by atoms with Crippen LogP contribution in [0.4, 0.5) is 11.6 Å². The monoisotopic (exact) mass is 250 g/mol. The van der Waals surface area contributed by atoms with Crippen LogP contribution in [0.2, 0.25) is 0 Å². The van der Waals surface area contributed by atoms with Gasteiger partial charge in [0.2, 0.25) is 0 Å². The van der Waals surface area contributed by atoms with Gasteiger partial charge in [-0.1, -0.05) is 6.92 Å². The second kappa shape index (κ2) is 6.00. The molecular weight excluding hydrogens is 228 g/mol. The molecule has 1 fully saturated rings. The van der Waals surface area contributed by atoms with E-state index in [9.17, 15) is 0 Å². The van der Waals surface area contributed by atoms with Crippen LogP contribution in [0.1, 0.15) is 32.3 Å². The Kier molecular flexibility index (Phi) is 4.36. The Labute approximate surface area is 108 Å². The number of piperidine rings is 1. The van der Waals surface area contributed by atoms with Crippen LogP contribution in [-0.2, 0) is 11.2 Å². The van der Waals surface area contributed by atoms with Gasteiger partial charge in [-0.25, -0.2) is 9.97 Å². The summed E-state index contributed by atoms with van der Waals surface area (Å²) in [6, 6.07) is 0. The van der Waals surface area contributed by atoms with Crippen molar-refractivity contribution in [2.75, 3.05) is 30.3 Å². The van der Waals surface area contributed by atoms with Gasteiger partial charge in [-0.05, 0) is 26.2 Å². The zero-order chi connectivity index (χ0) is 13.0. The third kappa shape index (κ3) is 2.72. The molecule has 2 rings (SSSR count). The number of rotatable bonds is 4. The SMILES string of the molecule is CCOC1CCCN(c2ncnc(N)c2CC)C1. The minimum absolute atomic E-state index is 0.310. The highest BCUT2D eigenvalue weighted by atomic mass is 16.5. The van der Waals surface area contributed by atoms with Gasteiger partial charge in [0.1, 0.15) is 18.0 Å². The van der Waals surface area contributed by atoms with Gasteiger partial charge in [0.15, 0.2) is 0 Å². The van der Waals surface area contributed by atoms with Crippen LogP contribution in [-0.4, -0.2) is 35.8 Å². The fourth-order valence-electron chi connectivity index (χ4n) is 2.53. The molecule has 0 spiro atoms. The molecule has 1 aliphatic rings. The Morgan fingerprint density at radius 1 is 1.44 bits per heavy atom. The maximum Gasteiger partial charge on any atom is 0.137 e. The Morgan fingerprint density at radius 3 is 3.00 bits per heavy atom. The number of anilines is 2. The molecule has 0 bridgehead atoms. The summed E-state index contributed by atoms with van der Waals surface area (Å²) in [6.45, 7) is 6.82. The molecule has 1 aromatic rings. The van der Waals surface area contributed by atoms with Gasteiger partial charge < -0.3 is 15.4 Å². The van der Waals surface area contributed by atoms with Gasteiger partial charge in [0, 0.05) is 25.3 Å². The summed E-state index contributed by atoms with van der Waals surface area (Å²) < 4.78 is 5.72. The van der Waals surface area contributed by atoms with Crippen molar-refractivity contribution in [2.45, 2.75) is 39.2 Å². The lowest BCUT2D eigenvalue weighted by Crippen LogP contribution is -2.40. The third-order valence-electron chi connectivity index (χ3n) is 3.39. The zero-order valence-corrected chi connectivity index (χ0v) is 11.2. The molecule has 5 nitrogen and oxygen atoms in total. The van der Waals surface area contributed by atoms with E-state index in [0.717, 1.165) is 50.3 Å². The second-order valence-corrected chi connectivity index (χ2v) is 4.58. The summed E-state index contributed by atoms with van der Waals surface area (Å²) in [5, 5.41) is 0. The van der Waals surface area contributed by atoms with Crippen molar-refractivity contribution in [3.63, 3.8) is 0 Å². The number of hydrogen-bond acceptors (Lipinski definition) is 5. The number of nitrogens with zero attached hydrogens (tertiary/aromatic N) is 3. The highest BCUT2D eigenvalue weighted by Gasteiger charge is 2.23. The molecule has 1 aromatic heterocycles. The van der Waals surface area contributed by atoms with Gasteiger partial charge in [0.25, 0.3) is 0 Å². The topological polar surface area (TPSA) is 64.3 Å². The standard InChI is InChI=1S/C13H22N4O/c1-3-11-12(14)15-9-16-13(11)17-7-5-6-10(8-17)18-4-2/h9-10H,3-8H2,1-2H3,(H2,14,15,16). The number of nitrogen functional groups attached to an aromatic ring is 1. The van der Waals surface area contributed by atoms with Crippen LogP contribution in [0.3, 0.4) is 0 Å². The van der Waals surface area contributed by atoms with Crippen molar-refractivity contribution in [3.05, 3.63) is 11.9 Å². The summed E-state index contributed by atoms with van der Waals surface area (Å²) in [5.41, 5.74) is 6.97. The van der Waals surface area contributed by atoms with E-state index in [1.54, 1.807) is 6.33 Å². The molecule has 1 atom stereocenters. The minimum Gasteiger partial charge on any atom is -0.383 e. The highest BCUT2D eigenvalue weighted by Crippen LogP contribution is 2.25. The molecule has 0 amide bonds. The Hall–Kier alpha value is -1.36. The number of aromatic nitrogens is 2. The van der Waals surface area contributed by atoms with Crippen molar-refractivity contribution >= 4 is 11.6 Å². The van der Waals surface area contributed by atoms with Crippen molar-refractivity contribution in [2.24, 2.45) is 0 Å². The molecule has 18 heavy (non-hydrogen) atoms. The van der Waals surface area contributed by atoms with Crippen LogP contribution in [0, 0.1) is 0 Å². The first-order valence-corrected chi connectivity index (χ1v) is 6.72. The van der Waals surface area contributed by atoms with E-state index in [-0.39, 0.29) is 0 Å². The fourth-order valence-corrected chi connectivity index (χ4v) is 2.53. The Bertz CT molecular complexity index is 395. The Balaban J connectivity index is 2.18. The van der Waals surface area contributed by atoms with Crippen LogP contribution < -0.4 is 10.6 Å². The summed E-state index contributed by atoms with van der Waals surface area (Å²) in [4.78, 5) is 10.8. The molecule has 1 saturated heterocycles. The lowest BCUT2D eigenvalue weighted by molar-refractivity contribution is 0.0525. The molecule has 2 N–H and O–H groups in total. The highest BCUT2D eigenvalue weighted by molar-refractivity contribution is 5.56. The molecule has 1 unspecified atom stereocenters. The van der Waals surface area contributed by atoms with Crippen LogP contribution in [0.15, 0.2) is 6.33 Å². The molecule has 100 valence electrons. The maximum atomic E-state index is 5.92. The lowest BCUT2D eigenvalue weighted by atomic mass is 10.1. The van der Waals surface area contributed by atoms with Crippen molar-refractivity contribution in [3.8, 4) is 0 Å². The van der Waals surface area contributed by atoms with E-state index in [0.29, 0.717) is 11.9 Å². The van der Waals surface area contributed by atoms with E-state index in [1.165, 1.54) is 0 Å². The summed E-state index contributed by atoms with van der Waals surface area (Å²) in [5.74, 6) is 1.58. The van der Waals surface area contributed by atoms with Crippen LogP contribution >= 0.6 is 0 Å². The summed E-state index contributed by atoms with van der Waals surface area (Å²) in [6.07, 6.45) is 4.99. The minimum atomic E-state index is 0.310. The van der Waals surface area contributed by atoms with E-state index in [4.69, 9.17) is 10.5 Å². The first-order chi connectivity index (χ1) is 8.76. The molecule has 0 aliphatic carbocycles. The van der Waals surface area contributed by atoms with E-state index < -0.39 is 0 Å². The first kappa shape index (κ1) is 13.1. The van der Waals surface area contributed by atoms with Gasteiger partial charge in [0.05, 0.1) is 6.10 Å². The fraction of sp³-hybridized carbons (Fsp3) is 0.692. The molecule has 0 radical (unpaired) electrons. The van der Waals surface area contributed by atoms with E-state index >= 15 is 0 Å². The van der Waals surface area contributed by atoms with Gasteiger partial charge in [-0.3, -0.25) is 0 Å². The molecule has 0 saturated carbocycles. The van der Waals surface area contributed by atoms with E-state index in [1.807, 2.05) is 6.92 Å². The molecular formula is C13H22N4O. The van der Waals surface area contributed by atoms with Gasteiger partial charge >= 0.3 is 0 Å². The predicted molar refractivity (Wildman–Crippen MR) is 72.7 cm³/mol. The molecule has 0 aromatic carbocycles. The van der Waals surface area contributed by atoms with Crippen LogP contribution in [0.25, 0.3) is 0 Å². The van der Waals surface area contributed by atoms with Crippen molar-refractivity contribution < 1.29 is 4.74 Å². The van der Waals surface area contributed by atoms with Crippen molar-refractivity contribution in [1.82, 2.24) is 9.97 Å². The molecule has 2 heterocycles. The normalized spacial score (nSPS) is 20.1. The smallest absolute Gasteiger partial charge is 0.137 e. The first-order valence-electron chi connectivity index (χ1n) is 6.72. The Morgan fingerprint density at radius 2 is 2.28 bits per heavy atom. The van der Waals surface area contributed by atoms with Gasteiger partial charge in [-0.2, -0.15) is 0 Å². The quantitative estimate of drug-likeness (QED) is 0.879. The second-order valence-electron chi connectivity index (χ2n) is 4.58. The number of hydrogen-bond donors (Lipinski definition) is 1. The number of nitrogens with two attached hydrogens (primary N) is 1. The molecule has 1 aliphatic heterocycles. The van der Waals surface area contributed by atoms with Gasteiger partial charge in [-0.15, -0.1) is 0 Å². The van der Waals surface area contributed by atoms with Crippen molar-refractivity contribution in [1.29, 1.82) is 0 Å². The molecule has 5 heteroatoms. The summed E-state index contributed by atoms with van der Waals surface area (Å²) >= 11 is 0. The largest absolute Gasteiger partial charge is 0.383 e.